The van der Waals surface area contributed by atoms with E-state index in [-0.39, 0.29) is 10.8 Å². The Morgan fingerprint density at radius 2 is 1.57 bits per heavy atom. The first kappa shape index (κ1) is 30.5. The first-order valence-corrected chi connectivity index (χ1v) is 18.6. The largest absolute Gasteiger partial charge is 0.489 e. The van der Waals surface area contributed by atoms with Crippen molar-refractivity contribution in [2.75, 3.05) is 0 Å². The predicted octanol–water partition coefficient (Wildman–Crippen LogP) is 10.1. The van der Waals surface area contributed by atoms with Gasteiger partial charge >= 0.3 is 0 Å². The molecule has 0 radical (unpaired) electrons. The highest BCUT2D eigenvalue weighted by Crippen LogP contribution is 2.39. The summed E-state index contributed by atoms with van der Waals surface area (Å²) in [5.74, 6) is 0.424. The van der Waals surface area contributed by atoms with Gasteiger partial charge in [-0.3, -0.25) is 4.79 Å². The zero-order chi connectivity index (χ0) is 29.9. The second kappa shape index (κ2) is 12.7. The number of ketones is 1. The summed E-state index contributed by atoms with van der Waals surface area (Å²) in [7, 11) is -2.06. The van der Waals surface area contributed by atoms with Crippen LogP contribution in [0.15, 0.2) is 95.5 Å². The predicted molar refractivity (Wildman–Crippen MR) is 178 cm³/mol. The first-order valence-electron chi connectivity index (χ1n) is 14.9. The molecule has 1 aliphatic rings. The highest BCUT2D eigenvalue weighted by atomic mass is 79.9. The Kier molecular flexibility index (Phi) is 9.22. The molecule has 0 spiro atoms. The number of ether oxygens (including phenoxy) is 1. The van der Waals surface area contributed by atoms with Crippen LogP contribution in [0.5, 0.6) is 5.75 Å². The van der Waals surface area contributed by atoms with Crippen LogP contribution in [0.25, 0.3) is 0 Å². The van der Waals surface area contributed by atoms with Gasteiger partial charge in [-0.1, -0.05) is 97.4 Å². The van der Waals surface area contributed by atoms with Gasteiger partial charge in [0, 0.05) is 10.0 Å². The molecule has 1 atom stereocenters. The maximum absolute atomic E-state index is 14.5. The molecule has 218 valence electrons. The maximum atomic E-state index is 14.5. The zero-order valence-corrected chi connectivity index (χ0v) is 28.0. The van der Waals surface area contributed by atoms with Crippen LogP contribution in [0.4, 0.5) is 0 Å². The van der Waals surface area contributed by atoms with Crippen LogP contribution in [0.3, 0.4) is 0 Å². The van der Waals surface area contributed by atoms with E-state index in [1.54, 1.807) is 0 Å². The van der Waals surface area contributed by atoms with Crippen molar-refractivity contribution in [1.82, 2.24) is 0 Å². The summed E-state index contributed by atoms with van der Waals surface area (Å²) in [6, 6.07) is 30.8. The summed E-state index contributed by atoms with van der Waals surface area (Å²) < 4.78 is 14.0. The number of hydrogen-bond donors (Lipinski definition) is 0. The Hall–Kier alpha value is -2.99. The van der Waals surface area contributed by atoms with Crippen molar-refractivity contribution in [3.8, 4) is 5.75 Å². The van der Waals surface area contributed by atoms with Gasteiger partial charge in [-0.2, -0.15) is 0 Å². The minimum absolute atomic E-state index is 0.0694. The van der Waals surface area contributed by atoms with E-state index in [9.17, 15) is 4.79 Å². The molecule has 0 saturated carbocycles. The smallest absolute Gasteiger partial charge is 0.192 e. The third-order valence-corrected chi connectivity index (χ3v) is 13.9. The molecule has 4 aromatic carbocycles. The molecule has 1 aliphatic carbocycles. The Balaban J connectivity index is 1.56. The molecule has 0 saturated heterocycles. The average Bonchev–Trinajstić information content (AvgIpc) is 3.45. The van der Waals surface area contributed by atoms with Crippen LogP contribution in [-0.2, 0) is 30.5 Å². The molecule has 5 rings (SSSR count). The number of carbonyl (C=O) groups is 1. The molecule has 5 heteroatoms. The van der Waals surface area contributed by atoms with Gasteiger partial charge in [0.15, 0.2) is 14.1 Å². The fraction of sp³-hybridized carbons (Fsp3) is 0.324. The quantitative estimate of drug-likeness (QED) is 0.128. The monoisotopic (exact) mass is 640 g/mol. The van der Waals surface area contributed by atoms with E-state index in [1.165, 1.54) is 11.1 Å². The van der Waals surface area contributed by atoms with Crippen molar-refractivity contribution in [2.24, 2.45) is 0 Å². The highest BCUT2D eigenvalue weighted by molar-refractivity contribution is 9.10. The molecule has 0 fully saturated rings. The van der Waals surface area contributed by atoms with Gasteiger partial charge in [0.05, 0.1) is 12.5 Å². The number of benzene rings is 4. The molecule has 3 nitrogen and oxygen atoms in total. The van der Waals surface area contributed by atoms with Crippen molar-refractivity contribution in [1.29, 1.82) is 0 Å². The molecular weight excluding hydrogens is 600 g/mol. The van der Waals surface area contributed by atoms with Gasteiger partial charge in [-0.05, 0) is 101 Å². The topological polar surface area (TPSA) is 35.5 Å². The molecule has 0 heterocycles. The normalized spacial score (nSPS) is 14.0. The number of aryl methyl sites for hydroxylation is 2. The Labute approximate surface area is 260 Å². The van der Waals surface area contributed by atoms with Gasteiger partial charge < -0.3 is 9.16 Å². The fourth-order valence-electron chi connectivity index (χ4n) is 5.31. The van der Waals surface area contributed by atoms with Crippen LogP contribution < -0.4 is 4.74 Å². The van der Waals surface area contributed by atoms with Gasteiger partial charge in [-0.15, -0.1) is 0 Å². The van der Waals surface area contributed by atoms with E-state index in [2.05, 4.69) is 98.3 Å². The molecule has 42 heavy (non-hydrogen) atoms. The number of fused-ring (bicyclic) bond motifs is 1. The Morgan fingerprint density at radius 1 is 0.857 bits per heavy atom. The second-order valence-corrected chi connectivity index (χ2v) is 18.6. The van der Waals surface area contributed by atoms with Gasteiger partial charge in [0.25, 0.3) is 0 Å². The number of carbonyl (C=O) groups excluding carboxylic acids is 1. The maximum Gasteiger partial charge on any atom is 0.192 e. The minimum atomic E-state index is -2.06. The number of Topliss-reactive ketones (excluding diaryl/α,β-unsaturated/α-hetero) is 1. The molecule has 0 aromatic heterocycles. The average molecular weight is 642 g/mol. The summed E-state index contributed by atoms with van der Waals surface area (Å²) in [5.41, 5.74) is 7.48. The Bertz CT molecular complexity index is 1540. The van der Waals surface area contributed by atoms with Crippen molar-refractivity contribution in [3.05, 3.63) is 134 Å². The number of halogens is 1. The molecule has 0 bridgehead atoms. The lowest BCUT2D eigenvalue weighted by molar-refractivity contribution is 0.0973. The summed E-state index contributed by atoms with van der Waals surface area (Å²) >= 11 is 3.58. The zero-order valence-electron chi connectivity index (χ0n) is 25.4. The van der Waals surface area contributed by atoms with Crippen LogP contribution in [-0.4, -0.2) is 14.1 Å². The summed E-state index contributed by atoms with van der Waals surface area (Å²) in [6.07, 6.45) is 3.29. The van der Waals surface area contributed by atoms with Crippen molar-refractivity contribution in [3.63, 3.8) is 0 Å². The summed E-state index contributed by atoms with van der Waals surface area (Å²) in [5, 5.41) is 0.0694. The Morgan fingerprint density at radius 3 is 2.29 bits per heavy atom. The molecule has 1 unspecified atom stereocenters. The van der Waals surface area contributed by atoms with Crippen molar-refractivity contribution < 1.29 is 14.0 Å². The number of rotatable bonds is 10. The lowest BCUT2D eigenvalue weighted by atomic mass is 9.82. The summed E-state index contributed by atoms with van der Waals surface area (Å²) in [4.78, 5) is 14.5. The highest BCUT2D eigenvalue weighted by Gasteiger charge is 2.37. The van der Waals surface area contributed by atoms with Gasteiger partial charge in [-0.25, -0.2) is 0 Å². The van der Waals surface area contributed by atoms with Crippen molar-refractivity contribution >= 4 is 30.0 Å². The van der Waals surface area contributed by atoms with E-state index >= 15 is 0 Å². The van der Waals surface area contributed by atoms with Gasteiger partial charge in [0.2, 0.25) is 0 Å². The van der Waals surface area contributed by atoms with E-state index in [0.717, 1.165) is 57.3 Å². The first-order chi connectivity index (χ1) is 20.0. The van der Waals surface area contributed by atoms with E-state index < -0.39 is 14.2 Å². The molecule has 0 amide bonds. The lowest BCUT2D eigenvalue weighted by Crippen LogP contribution is -2.40. The molecular formula is C37H41BrO3Si. The molecule has 0 N–H and O–H groups in total. The van der Waals surface area contributed by atoms with E-state index in [1.807, 2.05) is 42.5 Å². The standard InChI is InChI=1S/C37H41BrO3Si/c1-37(2,3)42(4,5)41-25-31-23-33(40-24-26-10-7-6-8-11-26)20-21-34(31)35(28-16-18-32(38)19-17-28)36(39)30-15-14-27-12-9-13-29(27)22-30/h6-8,10-11,14-23,35H,9,12-13,24-25H2,1-5H3. The molecule has 0 aliphatic heterocycles. The van der Waals surface area contributed by atoms with Crippen molar-refractivity contribution in [2.45, 2.75) is 77.3 Å². The second-order valence-electron chi connectivity index (χ2n) is 12.9. The van der Waals surface area contributed by atoms with E-state index in [0.29, 0.717) is 13.2 Å². The SMILES string of the molecule is CC(C)(C)[Si](C)(C)OCc1cc(OCc2ccccc2)ccc1C(C(=O)c1ccc2c(c1)CCC2)c1ccc(Br)cc1. The lowest BCUT2D eigenvalue weighted by Gasteiger charge is -2.36. The number of hydrogen-bond acceptors (Lipinski definition) is 3. The third kappa shape index (κ3) is 6.96. The molecule has 4 aromatic rings. The summed E-state index contributed by atoms with van der Waals surface area (Å²) in [6.45, 7) is 12.2. The van der Waals surface area contributed by atoms with E-state index in [4.69, 9.17) is 9.16 Å². The van der Waals surface area contributed by atoms with Crippen LogP contribution in [0.1, 0.15) is 76.8 Å². The van der Waals surface area contributed by atoms with Gasteiger partial charge in [0.1, 0.15) is 12.4 Å². The minimum Gasteiger partial charge on any atom is -0.489 e. The fourth-order valence-corrected chi connectivity index (χ4v) is 6.53. The van der Waals surface area contributed by atoms with Crippen LogP contribution in [0, 0.1) is 0 Å². The third-order valence-electron chi connectivity index (χ3n) is 8.92. The van der Waals surface area contributed by atoms with Crippen LogP contribution >= 0.6 is 15.9 Å². The van der Waals surface area contributed by atoms with Crippen LogP contribution in [0.2, 0.25) is 18.1 Å².